The highest BCUT2D eigenvalue weighted by Gasteiger charge is 2.30. The zero-order valence-electron chi connectivity index (χ0n) is 9.29. The fraction of sp³-hybridized carbons (Fsp3) is 0.909. The van der Waals surface area contributed by atoms with Gasteiger partial charge in [-0.05, 0) is 25.7 Å². The van der Waals surface area contributed by atoms with Gasteiger partial charge in [-0.25, -0.2) is 0 Å². The maximum Gasteiger partial charge on any atom is 0.223 e. The molecule has 2 N–H and O–H groups in total. The van der Waals surface area contributed by atoms with Crippen molar-refractivity contribution in [3.05, 3.63) is 0 Å². The zero-order valence-corrected chi connectivity index (χ0v) is 9.29. The van der Waals surface area contributed by atoms with Crippen LogP contribution >= 0.6 is 0 Å². The van der Waals surface area contributed by atoms with E-state index in [2.05, 4.69) is 10.6 Å². The average Bonchev–Trinajstić information content (AvgIpc) is 2.97. The third-order valence-corrected chi connectivity index (χ3v) is 3.23. The topological polar surface area (TPSA) is 50.4 Å². The van der Waals surface area contributed by atoms with Crippen molar-refractivity contribution in [1.29, 1.82) is 0 Å². The Morgan fingerprint density at radius 2 is 2.07 bits per heavy atom. The molecular weight excluding hydrogens is 192 g/mol. The van der Waals surface area contributed by atoms with E-state index in [9.17, 15) is 4.79 Å². The van der Waals surface area contributed by atoms with Gasteiger partial charge in [-0.2, -0.15) is 0 Å². The Balaban J connectivity index is 1.44. The maximum atomic E-state index is 11.3. The third-order valence-electron chi connectivity index (χ3n) is 3.23. The van der Waals surface area contributed by atoms with Crippen molar-refractivity contribution in [2.45, 2.75) is 37.8 Å². The lowest BCUT2D eigenvalue weighted by Crippen LogP contribution is -2.47. The van der Waals surface area contributed by atoms with Gasteiger partial charge in [-0.1, -0.05) is 0 Å². The van der Waals surface area contributed by atoms with Crippen LogP contribution < -0.4 is 10.6 Å². The average molecular weight is 212 g/mol. The number of hydrogen-bond acceptors (Lipinski definition) is 3. The molecule has 0 unspecified atom stereocenters. The van der Waals surface area contributed by atoms with E-state index < -0.39 is 0 Å². The van der Waals surface area contributed by atoms with Crippen LogP contribution in [0.25, 0.3) is 0 Å². The number of nitrogens with one attached hydrogen (secondary N) is 2. The summed E-state index contributed by atoms with van der Waals surface area (Å²) < 4.78 is 5.19. The Bertz CT molecular complexity index is 223. The monoisotopic (exact) mass is 212 g/mol. The van der Waals surface area contributed by atoms with Crippen molar-refractivity contribution in [3.8, 4) is 0 Å². The van der Waals surface area contributed by atoms with E-state index in [-0.39, 0.29) is 5.91 Å². The van der Waals surface area contributed by atoms with E-state index in [1.165, 1.54) is 0 Å². The summed E-state index contributed by atoms with van der Waals surface area (Å²) >= 11 is 0. The molecule has 0 bridgehead atoms. The summed E-state index contributed by atoms with van der Waals surface area (Å²) in [6.07, 6.45) is 4.82. The van der Waals surface area contributed by atoms with Gasteiger partial charge in [0.15, 0.2) is 0 Å². The van der Waals surface area contributed by atoms with Crippen LogP contribution in [0.5, 0.6) is 0 Å². The molecule has 0 aromatic rings. The van der Waals surface area contributed by atoms with Crippen molar-refractivity contribution >= 4 is 5.91 Å². The number of hydrogen-bond donors (Lipinski definition) is 2. The second-order valence-corrected chi connectivity index (χ2v) is 4.55. The third kappa shape index (κ3) is 3.18. The van der Waals surface area contributed by atoms with Crippen LogP contribution in [0.1, 0.15) is 25.7 Å². The highest BCUT2D eigenvalue weighted by Crippen LogP contribution is 2.28. The molecule has 15 heavy (non-hydrogen) atoms. The molecular formula is C11H20N2O2. The number of amides is 1. The van der Waals surface area contributed by atoms with E-state index in [1.54, 1.807) is 7.11 Å². The number of methoxy groups -OCH3 is 1. The highest BCUT2D eigenvalue weighted by atomic mass is 16.5. The van der Waals surface area contributed by atoms with E-state index in [1.807, 2.05) is 0 Å². The van der Waals surface area contributed by atoms with Gasteiger partial charge in [0.25, 0.3) is 0 Å². The maximum absolute atomic E-state index is 11.3. The molecule has 0 radical (unpaired) electrons. The number of rotatable bonds is 6. The molecule has 0 aliphatic heterocycles. The number of carbonyl (C=O) groups is 1. The largest absolute Gasteiger partial charge is 0.381 e. The van der Waals surface area contributed by atoms with Crippen LogP contribution in [-0.4, -0.2) is 38.3 Å². The van der Waals surface area contributed by atoms with Crippen LogP contribution in [0.2, 0.25) is 0 Å². The summed E-state index contributed by atoms with van der Waals surface area (Å²) in [5.74, 6) is 0.562. The van der Waals surface area contributed by atoms with Crippen LogP contribution in [-0.2, 0) is 9.53 Å². The molecule has 86 valence electrons. The molecule has 0 heterocycles. The summed E-state index contributed by atoms with van der Waals surface area (Å²) in [6.45, 7) is 1.63. The Morgan fingerprint density at radius 3 is 2.67 bits per heavy atom. The molecule has 0 aromatic heterocycles. The van der Waals surface area contributed by atoms with Crippen LogP contribution in [0.3, 0.4) is 0 Å². The molecule has 0 spiro atoms. The molecule has 2 aliphatic rings. The van der Waals surface area contributed by atoms with Gasteiger partial charge < -0.3 is 15.4 Å². The molecule has 2 rings (SSSR count). The van der Waals surface area contributed by atoms with Gasteiger partial charge in [0, 0.05) is 32.2 Å². The van der Waals surface area contributed by atoms with Crippen LogP contribution in [0.15, 0.2) is 0 Å². The molecule has 1 amide bonds. The Labute approximate surface area is 90.8 Å². The number of ether oxygens (including phenoxy) is 1. The highest BCUT2D eigenvalue weighted by molar-refractivity contribution is 5.80. The summed E-state index contributed by atoms with van der Waals surface area (Å²) in [7, 11) is 1.76. The normalized spacial score (nSPS) is 29.7. The van der Waals surface area contributed by atoms with Crippen LogP contribution in [0.4, 0.5) is 0 Å². The fourth-order valence-corrected chi connectivity index (χ4v) is 1.88. The lowest BCUT2D eigenvalue weighted by Gasteiger charge is -2.34. The van der Waals surface area contributed by atoms with E-state index in [0.717, 1.165) is 38.8 Å². The minimum Gasteiger partial charge on any atom is -0.381 e. The fourth-order valence-electron chi connectivity index (χ4n) is 1.88. The van der Waals surface area contributed by atoms with Crippen LogP contribution in [0, 0.1) is 5.92 Å². The second kappa shape index (κ2) is 4.94. The van der Waals surface area contributed by atoms with Crippen molar-refractivity contribution in [2.75, 3.05) is 20.2 Å². The predicted molar refractivity (Wildman–Crippen MR) is 57.6 cm³/mol. The lowest BCUT2D eigenvalue weighted by atomic mass is 9.89. The smallest absolute Gasteiger partial charge is 0.223 e. The van der Waals surface area contributed by atoms with Gasteiger partial charge in [-0.15, -0.1) is 0 Å². The first kappa shape index (κ1) is 10.9. The summed E-state index contributed by atoms with van der Waals surface area (Å²) in [5.41, 5.74) is 0. The van der Waals surface area contributed by atoms with Crippen molar-refractivity contribution in [3.63, 3.8) is 0 Å². The molecule has 4 nitrogen and oxygen atoms in total. The number of carbonyl (C=O) groups excluding carboxylic acids is 1. The van der Waals surface area contributed by atoms with Crippen molar-refractivity contribution in [1.82, 2.24) is 10.6 Å². The Kier molecular flexibility index (Phi) is 3.59. The quantitative estimate of drug-likeness (QED) is 0.622. The van der Waals surface area contributed by atoms with E-state index in [4.69, 9.17) is 4.74 Å². The first-order valence-electron chi connectivity index (χ1n) is 5.83. The molecule has 2 aliphatic carbocycles. The minimum atomic E-state index is 0.236. The van der Waals surface area contributed by atoms with Gasteiger partial charge >= 0.3 is 0 Å². The van der Waals surface area contributed by atoms with Gasteiger partial charge in [0.1, 0.15) is 0 Å². The molecule has 0 aromatic carbocycles. The summed E-state index contributed by atoms with van der Waals surface area (Å²) in [4.78, 5) is 11.3. The predicted octanol–water partition coefficient (Wildman–Crippen LogP) is 0.280. The zero-order chi connectivity index (χ0) is 10.7. The first-order valence-corrected chi connectivity index (χ1v) is 5.83. The summed E-state index contributed by atoms with van der Waals surface area (Å²) in [6, 6.07) is 0.591. The SMILES string of the molecule is COC1CC(NCCNC(=O)C2CC2)C1. The van der Waals surface area contributed by atoms with Gasteiger partial charge in [0.2, 0.25) is 5.91 Å². The van der Waals surface area contributed by atoms with E-state index >= 15 is 0 Å². The molecule has 2 saturated carbocycles. The van der Waals surface area contributed by atoms with E-state index in [0.29, 0.717) is 18.1 Å². The molecule has 2 fully saturated rings. The standard InChI is InChI=1S/C11H20N2O2/c1-15-10-6-9(7-10)12-4-5-13-11(14)8-2-3-8/h8-10,12H,2-7H2,1H3,(H,13,14). The Morgan fingerprint density at radius 1 is 1.33 bits per heavy atom. The van der Waals surface area contributed by atoms with Crippen molar-refractivity contribution < 1.29 is 9.53 Å². The minimum absolute atomic E-state index is 0.236. The van der Waals surface area contributed by atoms with Gasteiger partial charge in [0.05, 0.1) is 6.10 Å². The lowest BCUT2D eigenvalue weighted by molar-refractivity contribution is -0.122. The summed E-state index contributed by atoms with van der Waals surface area (Å²) in [5, 5.41) is 6.34. The Hall–Kier alpha value is -0.610. The molecule has 4 heteroatoms. The molecule has 0 saturated heterocycles. The second-order valence-electron chi connectivity index (χ2n) is 4.55. The molecule has 0 atom stereocenters. The first-order chi connectivity index (χ1) is 7.29. The van der Waals surface area contributed by atoms with Crippen molar-refractivity contribution in [2.24, 2.45) is 5.92 Å². The van der Waals surface area contributed by atoms with Gasteiger partial charge in [-0.3, -0.25) is 4.79 Å².